The molecule has 0 fully saturated rings. The number of hydrogen-bond acceptors (Lipinski definition) is 3. The van der Waals surface area contributed by atoms with Crippen molar-refractivity contribution >= 4 is 17.3 Å². The van der Waals surface area contributed by atoms with Crippen LogP contribution in [0, 0.1) is 0 Å². The van der Waals surface area contributed by atoms with Crippen molar-refractivity contribution in [3.63, 3.8) is 0 Å². The minimum Gasteiger partial charge on any atom is -0.384 e. The van der Waals surface area contributed by atoms with Gasteiger partial charge in [0.2, 0.25) is 0 Å². The molecule has 1 heterocycles. The van der Waals surface area contributed by atoms with Crippen molar-refractivity contribution in [3.05, 3.63) is 48.0 Å². The van der Waals surface area contributed by atoms with E-state index in [1.54, 1.807) is 6.07 Å². The normalized spacial score (nSPS) is 10.1. The monoisotopic (exact) mass is 213 g/mol. The van der Waals surface area contributed by atoms with E-state index in [1.807, 2.05) is 24.3 Å². The van der Waals surface area contributed by atoms with Crippen LogP contribution in [-0.2, 0) is 6.42 Å². The number of aromatic nitrogens is 1. The molecule has 3 N–H and O–H groups in total. The molecule has 0 unspecified atom stereocenters. The third-order valence-electron chi connectivity index (χ3n) is 2.38. The average Bonchev–Trinajstić information content (AvgIpc) is 2.29. The Morgan fingerprint density at radius 2 is 2.00 bits per heavy atom. The molecule has 2 aromatic rings. The van der Waals surface area contributed by atoms with Gasteiger partial charge in [-0.2, -0.15) is 0 Å². The maximum Gasteiger partial charge on any atom is 0.132 e. The fourth-order valence-electron chi connectivity index (χ4n) is 1.54. The van der Waals surface area contributed by atoms with E-state index in [4.69, 9.17) is 5.73 Å². The number of nitrogens with one attached hydrogen (secondary N) is 1. The largest absolute Gasteiger partial charge is 0.384 e. The zero-order valence-electron chi connectivity index (χ0n) is 9.27. The Bertz CT molecular complexity index is 480. The van der Waals surface area contributed by atoms with Gasteiger partial charge in [-0.25, -0.2) is 4.98 Å². The second kappa shape index (κ2) is 4.66. The topological polar surface area (TPSA) is 50.9 Å². The van der Waals surface area contributed by atoms with Crippen LogP contribution in [0.3, 0.4) is 0 Å². The van der Waals surface area contributed by atoms with Crippen molar-refractivity contribution in [2.45, 2.75) is 13.3 Å². The van der Waals surface area contributed by atoms with Crippen LogP contribution in [0.25, 0.3) is 0 Å². The molecule has 2 rings (SSSR count). The van der Waals surface area contributed by atoms with Crippen LogP contribution >= 0.6 is 0 Å². The minimum atomic E-state index is 0.525. The van der Waals surface area contributed by atoms with Gasteiger partial charge in [0.05, 0.1) is 0 Å². The van der Waals surface area contributed by atoms with Crippen LogP contribution in [0.15, 0.2) is 42.5 Å². The molecule has 1 aromatic heterocycles. The molecular weight excluding hydrogens is 198 g/mol. The summed E-state index contributed by atoms with van der Waals surface area (Å²) in [5.74, 6) is 1.30. The lowest BCUT2D eigenvalue weighted by Crippen LogP contribution is -1.96. The van der Waals surface area contributed by atoms with E-state index < -0.39 is 0 Å². The SMILES string of the molecule is CCc1cccc(Nc2cccc(N)n2)c1. The van der Waals surface area contributed by atoms with E-state index in [1.165, 1.54) is 5.56 Å². The molecule has 0 spiro atoms. The zero-order valence-corrected chi connectivity index (χ0v) is 9.27. The molecule has 0 bridgehead atoms. The summed E-state index contributed by atoms with van der Waals surface area (Å²) in [6.07, 6.45) is 1.03. The van der Waals surface area contributed by atoms with Crippen LogP contribution in [-0.4, -0.2) is 4.98 Å². The van der Waals surface area contributed by atoms with E-state index >= 15 is 0 Å². The summed E-state index contributed by atoms with van der Waals surface area (Å²) in [5.41, 5.74) is 7.96. The number of aryl methyl sites for hydroxylation is 1. The van der Waals surface area contributed by atoms with Crippen LogP contribution in [0.2, 0.25) is 0 Å². The second-order valence-corrected chi connectivity index (χ2v) is 3.63. The van der Waals surface area contributed by atoms with Gasteiger partial charge >= 0.3 is 0 Å². The Morgan fingerprint density at radius 1 is 1.19 bits per heavy atom. The summed E-state index contributed by atoms with van der Waals surface area (Å²) in [7, 11) is 0. The van der Waals surface area contributed by atoms with E-state index in [0.717, 1.165) is 17.9 Å². The molecule has 0 atom stereocenters. The lowest BCUT2D eigenvalue weighted by Gasteiger charge is -2.07. The lowest BCUT2D eigenvalue weighted by molar-refractivity contribution is 1.14. The van der Waals surface area contributed by atoms with Crippen molar-refractivity contribution in [2.75, 3.05) is 11.1 Å². The molecule has 0 aliphatic heterocycles. The summed E-state index contributed by atoms with van der Waals surface area (Å²) < 4.78 is 0. The summed E-state index contributed by atoms with van der Waals surface area (Å²) >= 11 is 0. The molecule has 3 nitrogen and oxygen atoms in total. The molecular formula is C13H15N3. The molecule has 0 aliphatic rings. The van der Waals surface area contributed by atoms with Crippen LogP contribution in [0.1, 0.15) is 12.5 Å². The van der Waals surface area contributed by atoms with E-state index in [2.05, 4.69) is 29.4 Å². The number of pyridine rings is 1. The third-order valence-corrected chi connectivity index (χ3v) is 2.38. The minimum absolute atomic E-state index is 0.525. The van der Waals surface area contributed by atoms with Crippen LogP contribution in [0.4, 0.5) is 17.3 Å². The zero-order chi connectivity index (χ0) is 11.4. The first kappa shape index (κ1) is 10.5. The molecule has 1 aromatic carbocycles. The van der Waals surface area contributed by atoms with E-state index in [0.29, 0.717) is 5.82 Å². The highest BCUT2D eigenvalue weighted by atomic mass is 15.0. The number of nitrogens with zero attached hydrogens (tertiary/aromatic N) is 1. The predicted molar refractivity (Wildman–Crippen MR) is 67.8 cm³/mol. The Hall–Kier alpha value is -2.03. The lowest BCUT2D eigenvalue weighted by atomic mass is 10.1. The van der Waals surface area contributed by atoms with Gasteiger partial charge in [-0.1, -0.05) is 25.1 Å². The molecule has 0 saturated heterocycles. The number of nitrogen functional groups attached to an aromatic ring is 1. The number of rotatable bonds is 3. The number of hydrogen-bond donors (Lipinski definition) is 2. The van der Waals surface area contributed by atoms with E-state index in [-0.39, 0.29) is 0 Å². The maximum absolute atomic E-state index is 5.62. The van der Waals surface area contributed by atoms with Crippen molar-refractivity contribution < 1.29 is 0 Å². The highest BCUT2D eigenvalue weighted by Crippen LogP contribution is 2.16. The van der Waals surface area contributed by atoms with Crippen LogP contribution in [0.5, 0.6) is 0 Å². The molecule has 16 heavy (non-hydrogen) atoms. The van der Waals surface area contributed by atoms with Crippen molar-refractivity contribution in [1.29, 1.82) is 0 Å². The van der Waals surface area contributed by atoms with Crippen LogP contribution < -0.4 is 11.1 Å². The van der Waals surface area contributed by atoms with Gasteiger partial charge < -0.3 is 11.1 Å². The standard InChI is InChI=1S/C13H15N3/c1-2-10-5-3-6-11(9-10)15-13-8-4-7-12(14)16-13/h3-9H,2H2,1H3,(H3,14,15,16). The third kappa shape index (κ3) is 2.51. The number of benzene rings is 1. The quantitative estimate of drug-likeness (QED) is 0.824. The van der Waals surface area contributed by atoms with Gasteiger partial charge in [0.15, 0.2) is 0 Å². The molecule has 82 valence electrons. The van der Waals surface area contributed by atoms with Gasteiger partial charge in [0.1, 0.15) is 11.6 Å². The Morgan fingerprint density at radius 3 is 2.75 bits per heavy atom. The first-order chi connectivity index (χ1) is 7.78. The Balaban J connectivity index is 2.20. The first-order valence-corrected chi connectivity index (χ1v) is 5.36. The molecule has 0 aliphatic carbocycles. The smallest absolute Gasteiger partial charge is 0.132 e. The van der Waals surface area contributed by atoms with E-state index in [9.17, 15) is 0 Å². The van der Waals surface area contributed by atoms with Gasteiger partial charge in [0, 0.05) is 5.69 Å². The average molecular weight is 213 g/mol. The van der Waals surface area contributed by atoms with Crippen molar-refractivity contribution in [1.82, 2.24) is 4.98 Å². The summed E-state index contributed by atoms with van der Waals surface area (Å²) in [6, 6.07) is 13.8. The maximum atomic E-state index is 5.62. The van der Waals surface area contributed by atoms with Gasteiger partial charge in [-0.05, 0) is 36.2 Å². The fraction of sp³-hybridized carbons (Fsp3) is 0.154. The van der Waals surface area contributed by atoms with Crippen molar-refractivity contribution in [2.24, 2.45) is 0 Å². The summed E-state index contributed by atoms with van der Waals surface area (Å²) in [4.78, 5) is 4.19. The molecule has 3 heteroatoms. The molecule has 0 saturated carbocycles. The fourth-order valence-corrected chi connectivity index (χ4v) is 1.54. The summed E-state index contributed by atoms with van der Waals surface area (Å²) in [6.45, 7) is 2.14. The van der Waals surface area contributed by atoms with Gasteiger partial charge in [-0.15, -0.1) is 0 Å². The number of anilines is 3. The second-order valence-electron chi connectivity index (χ2n) is 3.63. The van der Waals surface area contributed by atoms with Gasteiger partial charge in [0.25, 0.3) is 0 Å². The van der Waals surface area contributed by atoms with Crippen molar-refractivity contribution in [3.8, 4) is 0 Å². The van der Waals surface area contributed by atoms with Gasteiger partial charge in [-0.3, -0.25) is 0 Å². The molecule has 0 radical (unpaired) electrons. The number of nitrogens with two attached hydrogens (primary N) is 1. The highest BCUT2D eigenvalue weighted by molar-refractivity contribution is 5.58. The Kier molecular flexibility index (Phi) is 3.05. The Labute approximate surface area is 95.3 Å². The predicted octanol–water partition coefficient (Wildman–Crippen LogP) is 2.97. The molecule has 0 amide bonds. The highest BCUT2D eigenvalue weighted by Gasteiger charge is 1.97. The first-order valence-electron chi connectivity index (χ1n) is 5.36. The summed E-state index contributed by atoms with van der Waals surface area (Å²) in [5, 5.41) is 3.23.